The second-order valence-electron chi connectivity index (χ2n) is 3.84. The van der Waals surface area contributed by atoms with Crippen molar-refractivity contribution >= 4 is 11.9 Å². The number of nitrogens with zero attached hydrogens (tertiary/aromatic N) is 2. The van der Waals surface area contributed by atoms with Crippen molar-refractivity contribution in [1.29, 1.82) is 0 Å². The first-order valence-corrected chi connectivity index (χ1v) is 5.34. The molecule has 0 radical (unpaired) electrons. The summed E-state index contributed by atoms with van der Waals surface area (Å²) < 4.78 is 1.49. The molecule has 1 amide bonds. The predicted octanol–water partition coefficient (Wildman–Crippen LogP) is -1.63. The number of carboxylic acid groups (broad SMARTS) is 1. The van der Waals surface area contributed by atoms with E-state index in [2.05, 4.69) is 10.4 Å². The van der Waals surface area contributed by atoms with Gasteiger partial charge in [-0.25, -0.2) is 4.79 Å². The summed E-state index contributed by atoms with van der Waals surface area (Å²) in [5.41, 5.74) is 6.16. The SMILES string of the molecule is Cn1cc(C(N)C(=O)N[C@@H](CCO)C(=O)O)cn1. The van der Waals surface area contributed by atoms with Gasteiger partial charge in [0.2, 0.25) is 5.91 Å². The highest BCUT2D eigenvalue weighted by Gasteiger charge is 2.24. The fraction of sp³-hybridized carbons (Fsp3) is 0.500. The van der Waals surface area contributed by atoms with Crippen LogP contribution in [0.25, 0.3) is 0 Å². The molecule has 0 aliphatic carbocycles. The number of carbonyl (C=O) groups is 2. The molecule has 1 aromatic heterocycles. The molecule has 5 N–H and O–H groups in total. The lowest BCUT2D eigenvalue weighted by Crippen LogP contribution is -2.45. The third kappa shape index (κ3) is 3.54. The second kappa shape index (κ2) is 6.12. The normalized spacial score (nSPS) is 13.9. The summed E-state index contributed by atoms with van der Waals surface area (Å²) in [5.74, 6) is -1.83. The molecule has 100 valence electrons. The highest BCUT2D eigenvalue weighted by atomic mass is 16.4. The molecule has 18 heavy (non-hydrogen) atoms. The first kappa shape index (κ1) is 14.1. The van der Waals surface area contributed by atoms with Gasteiger partial charge in [0, 0.05) is 31.8 Å². The zero-order chi connectivity index (χ0) is 13.7. The maximum atomic E-state index is 11.7. The minimum absolute atomic E-state index is 0.0686. The summed E-state index contributed by atoms with van der Waals surface area (Å²) in [6.45, 7) is -0.334. The Morgan fingerprint density at radius 2 is 2.28 bits per heavy atom. The molecule has 0 bridgehead atoms. The van der Waals surface area contributed by atoms with Crippen molar-refractivity contribution in [1.82, 2.24) is 15.1 Å². The number of aryl methyl sites for hydroxylation is 1. The molecule has 0 aliphatic rings. The highest BCUT2D eigenvalue weighted by molar-refractivity contribution is 5.87. The smallest absolute Gasteiger partial charge is 0.326 e. The Labute approximate surface area is 103 Å². The number of hydrogen-bond acceptors (Lipinski definition) is 5. The van der Waals surface area contributed by atoms with Crippen LogP contribution in [0.3, 0.4) is 0 Å². The van der Waals surface area contributed by atoms with Gasteiger partial charge in [-0.2, -0.15) is 5.10 Å². The minimum Gasteiger partial charge on any atom is -0.480 e. The Morgan fingerprint density at radius 1 is 1.61 bits per heavy atom. The number of aliphatic hydroxyl groups is 1. The maximum absolute atomic E-state index is 11.7. The molecule has 0 fully saturated rings. The summed E-state index contributed by atoms with van der Waals surface area (Å²) in [7, 11) is 1.68. The molecule has 0 aromatic carbocycles. The Morgan fingerprint density at radius 3 is 2.72 bits per heavy atom. The van der Waals surface area contributed by atoms with Crippen LogP contribution in [0.2, 0.25) is 0 Å². The van der Waals surface area contributed by atoms with E-state index in [1.54, 1.807) is 13.2 Å². The number of rotatable bonds is 6. The van der Waals surface area contributed by atoms with Gasteiger partial charge in [0.25, 0.3) is 0 Å². The fourth-order valence-corrected chi connectivity index (χ4v) is 1.40. The molecular formula is C10H16N4O4. The van der Waals surface area contributed by atoms with E-state index < -0.39 is 24.0 Å². The van der Waals surface area contributed by atoms with Crippen LogP contribution >= 0.6 is 0 Å². The third-order valence-electron chi connectivity index (χ3n) is 2.40. The van der Waals surface area contributed by atoms with Crippen LogP contribution in [-0.2, 0) is 16.6 Å². The molecule has 0 saturated heterocycles. The number of aliphatic carboxylic acids is 1. The first-order valence-electron chi connectivity index (χ1n) is 5.34. The minimum atomic E-state index is -1.21. The van der Waals surface area contributed by atoms with Crippen molar-refractivity contribution in [2.75, 3.05) is 6.61 Å². The lowest BCUT2D eigenvalue weighted by Gasteiger charge is -2.16. The van der Waals surface area contributed by atoms with Gasteiger partial charge in [-0.1, -0.05) is 0 Å². The van der Waals surface area contributed by atoms with Crippen LogP contribution in [0.4, 0.5) is 0 Å². The van der Waals surface area contributed by atoms with Crippen LogP contribution in [0, 0.1) is 0 Å². The van der Waals surface area contributed by atoms with E-state index in [0.29, 0.717) is 5.56 Å². The van der Waals surface area contributed by atoms with Gasteiger partial charge in [0.05, 0.1) is 6.20 Å². The van der Waals surface area contributed by atoms with Gasteiger partial charge in [0.15, 0.2) is 0 Å². The molecule has 8 heteroatoms. The van der Waals surface area contributed by atoms with Gasteiger partial charge in [-0.05, 0) is 0 Å². The van der Waals surface area contributed by atoms with E-state index in [9.17, 15) is 9.59 Å². The molecule has 1 unspecified atom stereocenters. The van der Waals surface area contributed by atoms with Crippen LogP contribution in [0.15, 0.2) is 12.4 Å². The average Bonchev–Trinajstić information content (AvgIpc) is 2.74. The van der Waals surface area contributed by atoms with Crippen molar-refractivity contribution < 1.29 is 19.8 Å². The summed E-state index contributed by atoms with van der Waals surface area (Å²) in [6.07, 6.45) is 2.94. The fourth-order valence-electron chi connectivity index (χ4n) is 1.40. The Hall–Kier alpha value is -1.93. The van der Waals surface area contributed by atoms with Gasteiger partial charge in [-0.3, -0.25) is 9.48 Å². The van der Waals surface area contributed by atoms with Crippen LogP contribution in [0.1, 0.15) is 18.0 Å². The number of nitrogens with two attached hydrogens (primary N) is 1. The molecule has 8 nitrogen and oxygen atoms in total. The molecule has 0 aliphatic heterocycles. The maximum Gasteiger partial charge on any atom is 0.326 e. The van der Waals surface area contributed by atoms with E-state index in [-0.39, 0.29) is 13.0 Å². The van der Waals surface area contributed by atoms with Crippen LogP contribution < -0.4 is 11.1 Å². The van der Waals surface area contributed by atoms with E-state index >= 15 is 0 Å². The van der Waals surface area contributed by atoms with E-state index in [0.717, 1.165) is 0 Å². The lowest BCUT2D eigenvalue weighted by molar-refractivity contribution is -0.142. The molecule has 2 atom stereocenters. The first-order chi connectivity index (χ1) is 8.45. The van der Waals surface area contributed by atoms with Crippen LogP contribution in [0.5, 0.6) is 0 Å². The zero-order valence-corrected chi connectivity index (χ0v) is 9.91. The Bertz CT molecular complexity index is 431. The highest BCUT2D eigenvalue weighted by Crippen LogP contribution is 2.09. The zero-order valence-electron chi connectivity index (χ0n) is 9.91. The predicted molar refractivity (Wildman–Crippen MR) is 61.4 cm³/mol. The third-order valence-corrected chi connectivity index (χ3v) is 2.40. The second-order valence-corrected chi connectivity index (χ2v) is 3.84. The van der Waals surface area contributed by atoms with Gasteiger partial charge >= 0.3 is 5.97 Å². The van der Waals surface area contributed by atoms with Crippen molar-refractivity contribution in [3.05, 3.63) is 18.0 Å². The van der Waals surface area contributed by atoms with Crippen LogP contribution in [-0.4, -0.2) is 44.5 Å². The number of carboxylic acids is 1. The molecule has 1 heterocycles. The number of hydrogen-bond donors (Lipinski definition) is 4. The molecule has 1 rings (SSSR count). The molecule has 0 saturated carbocycles. The Balaban J connectivity index is 2.66. The van der Waals surface area contributed by atoms with Gasteiger partial charge in [0.1, 0.15) is 12.1 Å². The monoisotopic (exact) mass is 256 g/mol. The molecular weight excluding hydrogens is 240 g/mol. The Kier molecular flexibility index (Phi) is 4.81. The summed E-state index contributed by atoms with van der Waals surface area (Å²) in [6, 6.07) is -2.13. The largest absolute Gasteiger partial charge is 0.480 e. The summed E-state index contributed by atoms with van der Waals surface area (Å²) in [4.78, 5) is 22.5. The summed E-state index contributed by atoms with van der Waals surface area (Å²) >= 11 is 0. The average molecular weight is 256 g/mol. The van der Waals surface area contributed by atoms with E-state index in [1.807, 2.05) is 0 Å². The van der Waals surface area contributed by atoms with Gasteiger partial charge < -0.3 is 21.3 Å². The topological polar surface area (TPSA) is 130 Å². The van der Waals surface area contributed by atoms with Crippen molar-refractivity contribution in [3.63, 3.8) is 0 Å². The van der Waals surface area contributed by atoms with Gasteiger partial charge in [-0.15, -0.1) is 0 Å². The van der Waals surface area contributed by atoms with E-state index in [1.165, 1.54) is 10.9 Å². The standard InChI is InChI=1S/C10H16N4O4/c1-14-5-6(4-12-14)8(11)9(16)13-7(2-3-15)10(17)18/h4-5,7-8,15H,2-3,11H2,1H3,(H,13,16)(H,17,18)/t7-,8?/m0/s1. The van der Waals surface area contributed by atoms with Crippen molar-refractivity contribution in [2.24, 2.45) is 12.8 Å². The number of aromatic nitrogens is 2. The van der Waals surface area contributed by atoms with E-state index in [4.69, 9.17) is 15.9 Å². The number of carbonyl (C=O) groups excluding carboxylic acids is 1. The molecule has 0 spiro atoms. The summed E-state index contributed by atoms with van der Waals surface area (Å²) in [5, 5.41) is 23.7. The number of nitrogens with one attached hydrogen (secondary N) is 1. The van der Waals surface area contributed by atoms with Crippen molar-refractivity contribution in [2.45, 2.75) is 18.5 Å². The lowest BCUT2D eigenvalue weighted by atomic mass is 10.1. The number of aliphatic hydroxyl groups excluding tert-OH is 1. The quantitative estimate of drug-likeness (QED) is 0.483. The molecule has 1 aromatic rings. The van der Waals surface area contributed by atoms with Crippen molar-refractivity contribution in [3.8, 4) is 0 Å². The number of amides is 1.